The number of hydrogen-bond acceptors (Lipinski definition) is 3. The fraction of sp³-hybridized carbons (Fsp3) is 0.576. The van der Waals surface area contributed by atoms with E-state index in [0.717, 1.165) is 5.56 Å². The van der Waals surface area contributed by atoms with Crippen molar-refractivity contribution < 1.29 is 45.6 Å². The summed E-state index contributed by atoms with van der Waals surface area (Å²) in [6, 6.07) is 10.0. The molecular weight excluding hydrogens is 586 g/mol. The fourth-order valence-electron chi connectivity index (χ4n) is 6.01. The van der Waals surface area contributed by atoms with Crippen LogP contribution in [0.1, 0.15) is 89.5 Å². The van der Waals surface area contributed by atoms with Crippen molar-refractivity contribution >= 4 is 12.0 Å². The highest BCUT2D eigenvalue weighted by atomic mass is 19.4. The normalized spacial score (nSPS) is 21.3. The minimum Gasteiger partial charge on any atom is -0.414 e. The van der Waals surface area contributed by atoms with Crippen molar-refractivity contribution in [3.63, 3.8) is 0 Å². The molecule has 11 heteroatoms. The number of ether oxygens (including phenoxy) is 1. The van der Waals surface area contributed by atoms with Crippen LogP contribution in [0.15, 0.2) is 48.5 Å². The first-order chi connectivity index (χ1) is 20.3. The number of carbonyl (C=O) groups is 2. The van der Waals surface area contributed by atoms with Crippen molar-refractivity contribution in [2.24, 2.45) is 5.92 Å². The number of nitrogens with zero attached hydrogens (tertiary/aromatic N) is 1. The van der Waals surface area contributed by atoms with Crippen LogP contribution >= 0.6 is 0 Å². The molecule has 0 radical (unpaired) electrons. The van der Waals surface area contributed by atoms with Crippen LogP contribution in [0.2, 0.25) is 0 Å². The lowest BCUT2D eigenvalue weighted by atomic mass is 9.83. The van der Waals surface area contributed by atoms with Gasteiger partial charge in [0.15, 0.2) is 0 Å². The maximum atomic E-state index is 13.6. The van der Waals surface area contributed by atoms with Gasteiger partial charge in [0.05, 0.1) is 17.2 Å². The minimum absolute atomic E-state index is 0.0191. The highest BCUT2D eigenvalue weighted by Gasteiger charge is 2.48. The van der Waals surface area contributed by atoms with Gasteiger partial charge in [0.25, 0.3) is 0 Å². The van der Waals surface area contributed by atoms with E-state index in [9.17, 15) is 35.9 Å². The van der Waals surface area contributed by atoms with Gasteiger partial charge in [-0.1, -0.05) is 51.1 Å². The number of alkyl halides is 6. The van der Waals surface area contributed by atoms with Gasteiger partial charge in [-0.15, -0.1) is 0 Å². The summed E-state index contributed by atoms with van der Waals surface area (Å²) >= 11 is 0. The first-order valence-corrected chi connectivity index (χ1v) is 15.0. The molecule has 0 bridgehead atoms. The van der Waals surface area contributed by atoms with Gasteiger partial charge >= 0.3 is 18.4 Å². The van der Waals surface area contributed by atoms with E-state index in [1.807, 2.05) is 44.2 Å². The van der Waals surface area contributed by atoms with Gasteiger partial charge in [-0.25, -0.2) is 4.90 Å². The van der Waals surface area contributed by atoms with Crippen LogP contribution in [0.4, 0.5) is 31.1 Å². The molecule has 2 aromatic rings. The number of hydrogen-bond donors (Lipinski definition) is 1. The van der Waals surface area contributed by atoms with Gasteiger partial charge in [-0.3, -0.25) is 4.79 Å². The Morgan fingerprint density at radius 2 is 1.48 bits per heavy atom. The van der Waals surface area contributed by atoms with Gasteiger partial charge in [-0.2, -0.15) is 31.1 Å². The van der Waals surface area contributed by atoms with Gasteiger partial charge in [-0.05, 0) is 56.5 Å². The number of quaternary nitrogens is 1. The lowest BCUT2D eigenvalue weighted by molar-refractivity contribution is -0.890. The zero-order valence-corrected chi connectivity index (χ0v) is 26.1. The quantitative estimate of drug-likeness (QED) is 0.309. The molecule has 4 atom stereocenters. The first kappa shape index (κ1) is 35.4. The summed E-state index contributed by atoms with van der Waals surface area (Å²) in [4.78, 5) is 29.0. The van der Waals surface area contributed by atoms with Crippen LogP contribution < -0.4 is 4.90 Å². The number of amides is 2. The molecule has 1 saturated heterocycles. The molecule has 1 heterocycles. The number of piperidine rings is 1. The Balaban J connectivity index is 2.04. The van der Waals surface area contributed by atoms with Crippen molar-refractivity contribution in [1.82, 2.24) is 4.90 Å². The molecule has 1 aliphatic heterocycles. The van der Waals surface area contributed by atoms with Crippen molar-refractivity contribution in [2.45, 2.75) is 116 Å². The molecule has 5 nitrogen and oxygen atoms in total. The van der Waals surface area contributed by atoms with E-state index >= 15 is 0 Å². The molecule has 1 N–H and O–H groups in total. The predicted molar refractivity (Wildman–Crippen MR) is 155 cm³/mol. The third kappa shape index (κ3) is 9.46. The molecule has 3 rings (SSSR count). The predicted octanol–water partition coefficient (Wildman–Crippen LogP) is 7.47. The van der Waals surface area contributed by atoms with Crippen molar-refractivity contribution in [1.29, 1.82) is 0 Å². The summed E-state index contributed by atoms with van der Waals surface area (Å²) in [5.41, 5.74) is -2.77. The third-order valence-electron chi connectivity index (χ3n) is 8.05. The summed E-state index contributed by atoms with van der Waals surface area (Å²) in [5.74, 6) is -0.422. The molecule has 44 heavy (non-hydrogen) atoms. The zero-order chi connectivity index (χ0) is 33.0. The summed E-state index contributed by atoms with van der Waals surface area (Å²) in [7, 11) is 0. The van der Waals surface area contributed by atoms with Crippen molar-refractivity contribution in [3.8, 4) is 0 Å². The number of carbonyl (C=O) groups excluding carboxylic acids is 2. The average molecular weight is 630 g/mol. The fourth-order valence-corrected chi connectivity index (χ4v) is 6.01. The third-order valence-corrected chi connectivity index (χ3v) is 8.05. The van der Waals surface area contributed by atoms with Crippen LogP contribution in [0.5, 0.6) is 0 Å². The second-order valence-electron chi connectivity index (χ2n) is 12.9. The molecule has 0 aliphatic carbocycles. The number of benzene rings is 2. The monoisotopic (exact) mass is 629 g/mol. The van der Waals surface area contributed by atoms with Gasteiger partial charge < -0.3 is 9.64 Å². The first-order valence-electron chi connectivity index (χ1n) is 15.0. The Bertz CT molecular complexity index is 1240. The molecular formula is C33H43F6N2O3+. The van der Waals surface area contributed by atoms with Gasteiger partial charge in [0.2, 0.25) is 5.91 Å². The van der Waals surface area contributed by atoms with Crippen molar-refractivity contribution in [2.75, 3.05) is 0 Å². The second-order valence-corrected chi connectivity index (χ2v) is 12.9. The Morgan fingerprint density at radius 1 is 0.909 bits per heavy atom. The summed E-state index contributed by atoms with van der Waals surface area (Å²) in [6.07, 6.45) is -8.51. The van der Waals surface area contributed by atoms with E-state index in [1.165, 1.54) is 4.90 Å². The van der Waals surface area contributed by atoms with Crippen molar-refractivity contribution in [3.05, 3.63) is 70.8 Å². The Morgan fingerprint density at radius 3 is 1.95 bits per heavy atom. The van der Waals surface area contributed by atoms with Crippen LogP contribution in [0, 0.1) is 5.92 Å². The van der Waals surface area contributed by atoms with E-state index < -0.39 is 47.8 Å². The topological polar surface area (TPSA) is 51.1 Å². The summed E-state index contributed by atoms with van der Waals surface area (Å²) in [6.45, 7) is 10.5. The molecule has 2 aromatic carbocycles. The maximum absolute atomic E-state index is 13.6. The molecule has 0 spiro atoms. The lowest BCUT2D eigenvalue weighted by Gasteiger charge is -2.45. The summed E-state index contributed by atoms with van der Waals surface area (Å²) in [5, 5.41) is 0. The lowest BCUT2D eigenvalue weighted by Crippen LogP contribution is -3.23. The zero-order valence-electron chi connectivity index (χ0n) is 26.1. The SMILES string of the molecule is CCC(=O)N(Cc1cc(C(F)(F)F)cc(C(F)(F)F)c1)[C@H]1CC(C(C)C)[NH+](C(=O)OC(C)(C)C)[C@@H](CCc2ccccc2)C1. The molecule has 0 aromatic heterocycles. The smallest absolute Gasteiger partial charge is 0.414 e. The minimum atomic E-state index is -5.00. The van der Waals surface area contributed by atoms with E-state index in [0.29, 0.717) is 42.7 Å². The number of likely N-dealkylation sites (tertiary alicyclic amines) is 1. The van der Waals surface area contributed by atoms with Gasteiger partial charge in [0.1, 0.15) is 11.6 Å². The highest BCUT2D eigenvalue weighted by Crippen LogP contribution is 2.37. The Kier molecular flexibility index (Phi) is 11.2. The van der Waals surface area contributed by atoms with Crippen LogP contribution in [-0.2, 0) is 34.8 Å². The molecule has 1 aliphatic rings. The number of aryl methyl sites for hydroxylation is 1. The van der Waals surface area contributed by atoms with Crippen LogP contribution in [-0.4, -0.2) is 40.6 Å². The number of halogens is 6. The Labute approximate surface area is 255 Å². The largest absolute Gasteiger partial charge is 0.515 e. The molecule has 2 amide bonds. The van der Waals surface area contributed by atoms with Crippen LogP contribution in [0.25, 0.3) is 0 Å². The van der Waals surface area contributed by atoms with E-state index in [1.54, 1.807) is 27.7 Å². The van der Waals surface area contributed by atoms with Crippen LogP contribution in [0.3, 0.4) is 0 Å². The highest BCUT2D eigenvalue weighted by molar-refractivity contribution is 5.76. The second kappa shape index (κ2) is 13.9. The standard InChI is InChI=1S/C33H42F6N2O3/c1-7-29(42)40(20-23-15-24(32(34,35)36)17-25(16-23)33(37,38)39)27-18-26(14-13-22-11-9-8-10-12-22)41(28(19-27)21(2)3)30(43)44-31(4,5)6/h8-12,15-17,21,26-28H,7,13-14,18-20H2,1-6H3/p+1/t26-,27+,28?/m0/s1. The molecule has 1 fully saturated rings. The molecule has 244 valence electrons. The van der Waals surface area contributed by atoms with E-state index in [-0.39, 0.29) is 42.0 Å². The number of rotatable bonds is 8. The maximum Gasteiger partial charge on any atom is 0.515 e. The van der Waals surface area contributed by atoms with E-state index in [4.69, 9.17) is 4.74 Å². The number of nitrogens with one attached hydrogen (secondary N) is 1. The Hall–Kier alpha value is -3.08. The molecule has 2 unspecified atom stereocenters. The van der Waals surface area contributed by atoms with Gasteiger partial charge in [0, 0.05) is 44.2 Å². The summed E-state index contributed by atoms with van der Waals surface area (Å²) < 4.78 is 87.5. The average Bonchev–Trinajstić information content (AvgIpc) is 2.92. The van der Waals surface area contributed by atoms with E-state index in [2.05, 4.69) is 0 Å². The molecule has 0 saturated carbocycles. The number of alkyl carbamates (subject to hydrolysis) is 2.